The van der Waals surface area contributed by atoms with Crippen LogP contribution in [-0.2, 0) is 0 Å². The smallest absolute Gasteiger partial charge is 0.291 e. The van der Waals surface area contributed by atoms with Crippen molar-refractivity contribution in [2.45, 2.75) is 6.92 Å². The van der Waals surface area contributed by atoms with E-state index in [-0.39, 0.29) is 11.7 Å². The van der Waals surface area contributed by atoms with E-state index in [0.29, 0.717) is 32.5 Å². The number of anilines is 1. The molecule has 0 fully saturated rings. The predicted molar refractivity (Wildman–Crippen MR) is 132 cm³/mol. The molecule has 0 unspecified atom stereocenters. The maximum Gasteiger partial charge on any atom is 0.291 e. The molecule has 9 heteroatoms. The standard InChI is InChI=1S/C25H18Cl2N4O3/c1-14-11-21-22(30-31(29-21)16-4-6-17(33-2)7-5-16)13-20(14)28-25(32)24-10-9-23(34-24)15-3-8-18(26)19(27)12-15/h3-13H,1-2H3,(H,28,32). The van der Waals surface area contributed by atoms with E-state index in [0.717, 1.165) is 22.6 Å². The third kappa shape index (κ3) is 4.23. The van der Waals surface area contributed by atoms with E-state index in [2.05, 4.69) is 15.5 Å². The van der Waals surface area contributed by atoms with Crippen molar-refractivity contribution in [1.29, 1.82) is 0 Å². The summed E-state index contributed by atoms with van der Waals surface area (Å²) in [4.78, 5) is 14.4. The summed E-state index contributed by atoms with van der Waals surface area (Å²) in [5.74, 6) is 1.05. The first-order chi connectivity index (χ1) is 16.4. The Kier molecular flexibility index (Phi) is 5.73. The molecule has 2 aromatic heterocycles. The summed E-state index contributed by atoms with van der Waals surface area (Å²) < 4.78 is 10.9. The van der Waals surface area contributed by atoms with Crippen LogP contribution in [0.2, 0.25) is 10.0 Å². The molecule has 7 nitrogen and oxygen atoms in total. The van der Waals surface area contributed by atoms with E-state index in [1.807, 2.05) is 37.3 Å². The molecule has 0 aliphatic heterocycles. The Hall–Kier alpha value is -3.81. The zero-order valence-corrected chi connectivity index (χ0v) is 19.7. The number of methoxy groups -OCH3 is 1. The fourth-order valence-corrected chi connectivity index (χ4v) is 3.78. The summed E-state index contributed by atoms with van der Waals surface area (Å²) in [6.45, 7) is 1.89. The van der Waals surface area contributed by atoms with Crippen LogP contribution in [0.25, 0.3) is 28.0 Å². The largest absolute Gasteiger partial charge is 0.497 e. The molecule has 1 N–H and O–H groups in total. The Morgan fingerprint density at radius 3 is 2.38 bits per heavy atom. The van der Waals surface area contributed by atoms with Crippen molar-refractivity contribution in [2.75, 3.05) is 12.4 Å². The van der Waals surface area contributed by atoms with E-state index in [4.69, 9.17) is 32.4 Å². The van der Waals surface area contributed by atoms with Gasteiger partial charge < -0.3 is 14.5 Å². The Labute approximate surface area is 204 Å². The lowest BCUT2D eigenvalue weighted by Crippen LogP contribution is -2.11. The second-order valence-corrected chi connectivity index (χ2v) is 8.40. The van der Waals surface area contributed by atoms with Crippen LogP contribution in [0.3, 0.4) is 0 Å². The summed E-state index contributed by atoms with van der Waals surface area (Å²) >= 11 is 12.1. The molecule has 1 amide bonds. The van der Waals surface area contributed by atoms with Gasteiger partial charge in [0.1, 0.15) is 22.5 Å². The fourth-order valence-electron chi connectivity index (χ4n) is 3.48. The normalized spacial score (nSPS) is 11.1. The number of nitrogens with zero attached hydrogens (tertiary/aromatic N) is 3. The van der Waals surface area contributed by atoms with Crippen LogP contribution in [0, 0.1) is 6.92 Å². The van der Waals surface area contributed by atoms with Gasteiger partial charge >= 0.3 is 0 Å². The fraction of sp³-hybridized carbons (Fsp3) is 0.0800. The highest BCUT2D eigenvalue weighted by Gasteiger charge is 2.16. The second kappa shape index (κ2) is 8.85. The van der Waals surface area contributed by atoms with Crippen LogP contribution in [-0.4, -0.2) is 28.0 Å². The number of amides is 1. The van der Waals surface area contributed by atoms with E-state index in [1.54, 1.807) is 48.3 Å². The summed E-state index contributed by atoms with van der Waals surface area (Å²) in [6.07, 6.45) is 0. The molecule has 5 rings (SSSR count). The van der Waals surface area contributed by atoms with Crippen molar-refractivity contribution in [3.63, 3.8) is 0 Å². The number of nitrogens with one attached hydrogen (secondary N) is 1. The van der Waals surface area contributed by atoms with Gasteiger partial charge in [0.15, 0.2) is 5.76 Å². The molecule has 0 saturated heterocycles. The van der Waals surface area contributed by atoms with Gasteiger partial charge in [0.2, 0.25) is 0 Å². The molecular weight excluding hydrogens is 475 g/mol. The Bertz CT molecular complexity index is 1520. The number of furan rings is 1. The first-order valence-corrected chi connectivity index (χ1v) is 11.1. The van der Waals surface area contributed by atoms with Crippen LogP contribution in [0.5, 0.6) is 5.75 Å². The monoisotopic (exact) mass is 492 g/mol. The van der Waals surface area contributed by atoms with Crippen molar-refractivity contribution in [3.05, 3.63) is 88.1 Å². The van der Waals surface area contributed by atoms with Gasteiger partial charge in [-0.2, -0.15) is 4.80 Å². The SMILES string of the molecule is COc1ccc(-n2nc3cc(C)c(NC(=O)c4ccc(-c5ccc(Cl)c(Cl)c5)o4)cc3n2)cc1. The van der Waals surface area contributed by atoms with Gasteiger partial charge in [0.05, 0.1) is 22.8 Å². The number of fused-ring (bicyclic) bond motifs is 1. The minimum atomic E-state index is -0.378. The van der Waals surface area contributed by atoms with Crippen molar-refractivity contribution < 1.29 is 13.9 Å². The molecule has 3 aromatic carbocycles. The molecule has 0 atom stereocenters. The maximum atomic E-state index is 12.9. The third-order valence-electron chi connectivity index (χ3n) is 5.31. The number of hydrogen-bond acceptors (Lipinski definition) is 5. The second-order valence-electron chi connectivity index (χ2n) is 7.59. The van der Waals surface area contributed by atoms with E-state index < -0.39 is 0 Å². The number of halogens is 2. The summed E-state index contributed by atoms with van der Waals surface area (Å²) in [5.41, 5.74) is 4.34. The van der Waals surface area contributed by atoms with Crippen LogP contribution in [0.1, 0.15) is 16.1 Å². The molecule has 170 valence electrons. The number of aryl methyl sites for hydroxylation is 1. The van der Waals surface area contributed by atoms with E-state index >= 15 is 0 Å². The molecular formula is C25H18Cl2N4O3. The molecule has 0 aliphatic carbocycles. The van der Waals surface area contributed by atoms with Crippen molar-refractivity contribution >= 4 is 45.8 Å². The number of rotatable bonds is 5. The van der Waals surface area contributed by atoms with Crippen molar-refractivity contribution in [2.24, 2.45) is 0 Å². The highest BCUT2D eigenvalue weighted by atomic mass is 35.5. The summed E-state index contributed by atoms with van der Waals surface area (Å²) in [7, 11) is 1.62. The minimum Gasteiger partial charge on any atom is -0.497 e. The molecule has 0 aliphatic rings. The average molecular weight is 493 g/mol. The first-order valence-electron chi connectivity index (χ1n) is 10.3. The van der Waals surface area contributed by atoms with Gasteiger partial charge in [0.25, 0.3) is 5.91 Å². The van der Waals surface area contributed by atoms with E-state index in [1.165, 1.54) is 0 Å². The van der Waals surface area contributed by atoms with E-state index in [9.17, 15) is 4.79 Å². The molecule has 0 bridgehead atoms. The lowest BCUT2D eigenvalue weighted by atomic mass is 10.1. The Morgan fingerprint density at radius 1 is 0.941 bits per heavy atom. The highest BCUT2D eigenvalue weighted by molar-refractivity contribution is 6.42. The number of hydrogen-bond donors (Lipinski definition) is 1. The molecule has 34 heavy (non-hydrogen) atoms. The Morgan fingerprint density at radius 2 is 1.68 bits per heavy atom. The van der Waals surface area contributed by atoms with Gasteiger partial charge in [-0.1, -0.05) is 23.2 Å². The van der Waals surface area contributed by atoms with Gasteiger partial charge in [-0.3, -0.25) is 4.79 Å². The highest BCUT2D eigenvalue weighted by Crippen LogP contribution is 2.30. The van der Waals surface area contributed by atoms with Gasteiger partial charge in [0, 0.05) is 11.3 Å². The Balaban J connectivity index is 1.39. The number of aromatic nitrogens is 3. The van der Waals surface area contributed by atoms with Crippen LogP contribution in [0.15, 0.2) is 71.1 Å². The topological polar surface area (TPSA) is 82.2 Å². The predicted octanol–water partition coefficient (Wildman–Crippen LogP) is 6.56. The van der Waals surface area contributed by atoms with Gasteiger partial charge in [-0.15, -0.1) is 10.2 Å². The zero-order chi connectivity index (χ0) is 23.8. The number of carbonyl (C=O) groups excluding carboxylic acids is 1. The zero-order valence-electron chi connectivity index (χ0n) is 18.2. The molecule has 2 heterocycles. The van der Waals surface area contributed by atoms with Crippen molar-refractivity contribution in [3.8, 4) is 22.8 Å². The third-order valence-corrected chi connectivity index (χ3v) is 6.05. The lowest BCUT2D eigenvalue weighted by molar-refractivity contribution is 0.0997. The van der Waals surface area contributed by atoms with Crippen molar-refractivity contribution in [1.82, 2.24) is 15.0 Å². The minimum absolute atomic E-state index is 0.169. The first kappa shape index (κ1) is 22.0. The molecule has 0 radical (unpaired) electrons. The van der Waals surface area contributed by atoms with Crippen LogP contribution in [0.4, 0.5) is 5.69 Å². The van der Waals surface area contributed by atoms with Gasteiger partial charge in [-0.25, -0.2) is 0 Å². The summed E-state index contributed by atoms with van der Waals surface area (Å²) in [5, 5.41) is 12.8. The van der Waals surface area contributed by atoms with Crippen LogP contribution >= 0.6 is 23.2 Å². The number of carbonyl (C=O) groups is 1. The summed E-state index contributed by atoms with van der Waals surface area (Å²) in [6, 6.07) is 19.6. The van der Waals surface area contributed by atoms with Gasteiger partial charge in [-0.05, 0) is 79.2 Å². The molecule has 0 spiro atoms. The lowest BCUT2D eigenvalue weighted by Gasteiger charge is -2.06. The quantitative estimate of drug-likeness (QED) is 0.300. The number of benzene rings is 3. The number of ether oxygens (including phenoxy) is 1. The maximum absolute atomic E-state index is 12.9. The van der Waals surface area contributed by atoms with Crippen LogP contribution < -0.4 is 10.1 Å². The molecule has 5 aromatic rings. The average Bonchev–Trinajstić information content (AvgIpc) is 3.49. The molecule has 0 saturated carbocycles.